The number of amides is 4. The molecule has 184 valence electrons. The minimum atomic E-state index is -1.01. The average Bonchev–Trinajstić information content (AvgIpc) is 2.76. The Morgan fingerprint density at radius 1 is 1.29 bits per heavy atom. The zero-order valence-corrected chi connectivity index (χ0v) is 20.5. The normalized spacial score (nSPS) is 18.6. The summed E-state index contributed by atoms with van der Waals surface area (Å²) < 4.78 is 0. The Kier molecular flexibility index (Phi) is 7.75. The molecule has 3 N–H and O–H groups in total. The highest BCUT2D eigenvalue weighted by Crippen LogP contribution is 2.27. The monoisotopic (exact) mass is 477 g/mol. The standard InChI is InChI=1S/C26H31N5O4/c1-17-5-8-20(30-14-19(15-30)7-6-18(12-27)13-28-26(2,3)4)11-21(17)25(35)31(16-32)22-9-10-23(33)29-24(22)34/h5,8,11-13,16,19,22,27-28H,9-10,14-15H2,1-4H3,(H,29,33,34)/b18-13-,27-12?. The quantitative estimate of drug-likeness (QED) is 0.248. The number of aryl methyl sites for hydroxylation is 1. The van der Waals surface area contributed by atoms with E-state index in [0.29, 0.717) is 36.2 Å². The van der Waals surface area contributed by atoms with Crippen molar-refractivity contribution in [3.63, 3.8) is 0 Å². The van der Waals surface area contributed by atoms with Gasteiger partial charge in [0.2, 0.25) is 18.2 Å². The third-order valence-corrected chi connectivity index (χ3v) is 5.83. The molecule has 1 unspecified atom stereocenters. The zero-order chi connectivity index (χ0) is 25.8. The number of nitrogens with one attached hydrogen (secondary N) is 3. The van der Waals surface area contributed by atoms with Crippen molar-refractivity contribution in [1.82, 2.24) is 15.5 Å². The Morgan fingerprint density at radius 2 is 2.00 bits per heavy atom. The lowest BCUT2D eigenvalue weighted by molar-refractivity contribution is -0.139. The van der Waals surface area contributed by atoms with E-state index in [-0.39, 0.29) is 24.3 Å². The smallest absolute Gasteiger partial charge is 0.261 e. The van der Waals surface area contributed by atoms with E-state index < -0.39 is 23.8 Å². The minimum absolute atomic E-state index is 0.0738. The first-order valence-corrected chi connectivity index (χ1v) is 11.5. The zero-order valence-electron chi connectivity index (χ0n) is 20.5. The number of benzene rings is 1. The maximum atomic E-state index is 13.2. The first-order chi connectivity index (χ1) is 16.5. The van der Waals surface area contributed by atoms with E-state index in [2.05, 4.69) is 27.4 Å². The number of anilines is 1. The molecule has 0 aromatic heterocycles. The van der Waals surface area contributed by atoms with E-state index >= 15 is 0 Å². The van der Waals surface area contributed by atoms with E-state index in [4.69, 9.17) is 5.41 Å². The summed E-state index contributed by atoms with van der Waals surface area (Å²) in [6.07, 6.45) is 3.51. The summed E-state index contributed by atoms with van der Waals surface area (Å²) in [4.78, 5) is 51.5. The third-order valence-electron chi connectivity index (χ3n) is 5.83. The summed E-state index contributed by atoms with van der Waals surface area (Å²) in [5.41, 5.74) is 2.33. The molecule has 2 saturated heterocycles. The van der Waals surface area contributed by atoms with Gasteiger partial charge in [0.15, 0.2) is 0 Å². The molecular formula is C26H31N5O4. The van der Waals surface area contributed by atoms with Crippen LogP contribution in [-0.4, -0.2) is 59.9 Å². The van der Waals surface area contributed by atoms with Gasteiger partial charge in [-0.15, -0.1) is 0 Å². The second-order valence-electron chi connectivity index (χ2n) is 9.79. The molecule has 0 spiro atoms. The first-order valence-electron chi connectivity index (χ1n) is 11.5. The van der Waals surface area contributed by atoms with Crippen LogP contribution < -0.4 is 15.5 Å². The van der Waals surface area contributed by atoms with Crippen LogP contribution in [0, 0.1) is 30.1 Å². The molecule has 1 aromatic carbocycles. The van der Waals surface area contributed by atoms with Crippen LogP contribution in [0.15, 0.2) is 30.0 Å². The minimum Gasteiger partial charge on any atom is -0.385 e. The van der Waals surface area contributed by atoms with Gasteiger partial charge in [0.05, 0.1) is 11.5 Å². The highest BCUT2D eigenvalue weighted by molar-refractivity contribution is 6.07. The predicted octanol–water partition coefficient (Wildman–Crippen LogP) is 1.76. The number of carbonyl (C=O) groups is 4. The largest absolute Gasteiger partial charge is 0.385 e. The molecule has 3 rings (SSSR count). The fourth-order valence-corrected chi connectivity index (χ4v) is 3.76. The van der Waals surface area contributed by atoms with Crippen molar-refractivity contribution in [2.45, 2.75) is 52.1 Å². The van der Waals surface area contributed by atoms with Crippen molar-refractivity contribution >= 4 is 36.0 Å². The summed E-state index contributed by atoms with van der Waals surface area (Å²) in [5, 5.41) is 12.9. The molecule has 0 saturated carbocycles. The Bertz CT molecular complexity index is 1130. The van der Waals surface area contributed by atoms with Gasteiger partial charge in [-0.3, -0.25) is 29.4 Å². The van der Waals surface area contributed by atoms with Crippen LogP contribution in [0.3, 0.4) is 0 Å². The summed E-state index contributed by atoms with van der Waals surface area (Å²) in [6, 6.07) is 4.43. The van der Waals surface area contributed by atoms with E-state index in [1.165, 1.54) is 6.21 Å². The fraction of sp³-hybridized carbons (Fsp3) is 0.423. The fourth-order valence-electron chi connectivity index (χ4n) is 3.76. The molecule has 2 aliphatic rings. The van der Waals surface area contributed by atoms with Crippen molar-refractivity contribution in [1.29, 1.82) is 5.41 Å². The summed E-state index contributed by atoms with van der Waals surface area (Å²) in [5.74, 6) is 4.73. The second-order valence-corrected chi connectivity index (χ2v) is 9.79. The van der Waals surface area contributed by atoms with Crippen molar-refractivity contribution in [2.75, 3.05) is 18.0 Å². The Hall–Kier alpha value is -3.93. The summed E-state index contributed by atoms with van der Waals surface area (Å²) in [7, 11) is 0. The van der Waals surface area contributed by atoms with Crippen molar-refractivity contribution < 1.29 is 19.2 Å². The summed E-state index contributed by atoms with van der Waals surface area (Å²) >= 11 is 0. The van der Waals surface area contributed by atoms with Gasteiger partial charge in [-0.05, 0) is 51.8 Å². The van der Waals surface area contributed by atoms with Crippen molar-refractivity contribution in [3.8, 4) is 11.8 Å². The number of carbonyl (C=O) groups excluding carboxylic acids is 4. The van der Waals surface area contributed by atoms with E-state index in [1.807, 2.05) is 32.9 Å². The van der Waals surface area contributed by atoms with E-state index in [1.54, 1.807) is 19.2 Å². The average molecular weight is 478 g/mol. The van der Waals surface area contributed by atoms with Gasteiger partial charge in [-0.1, -0.05) is 17.9 Å². The van der Waals surface area contributed by atoms with Crippen LogP contribution in [0.4, 0.5) is 5.69 Å². The Labute approximate surface area is 205 Å². The maximum Gasteiger partial charge on any atom is 0.261 e. The predicted molar refractivity (Wildman–Crippen MR) is 133 cm³/mol. The number of nitrogens with zero attached hydrogens (tertiary/aromatic N) is 2. The molecule has 9 heteroatoms. The van der Waals surface area contributed by atoms with Crippen LogP contribution in [-0.2, 0) is 14.4 Å². The molecule has 0 aliphatic carbocycles. The number of hydrogen-bond donors (Lipinski definition) is 3. The van der Waals surface area contributed by atoms with Gasteiger partial charge >= 0.3 is 0 Å². The van der Waals surface area contributed by atoms with Gasteiger partial charge in [0.1, 0.15) is 6.04 Å². The molecular weight excluding hydrogens is 446 g/mol. The molecule has 4 amide bonds. The molecule has 1 aromatic rings. The van der Waals surface area contributed by atoms with Crippen LogP contribution in [0.1, 0.15) is 49.5 Å². The molecule has 0 bridgehead atoms. The van der Waals surface area contributed by atoms with Crippen molar-refractivity contribution in [2.24, 2.45) is 5.92 Å². The number of hydrogen-bond acceptors (Lipinski definition) is 7. The lowest BCUT2D eigenvalue weighted by Gasteiger charge is -2.38. The first kappa shape index (κ1) is 25.7. The molecule has 2 heterocycles. The second kappa shape index (κ2) is 10.6. The van der Waals surface area contributed by atoms with Gasteiger partial charge in [0.25, 0.3) is 5.91 Å². The molecule has 9 nitrogen and oxygen atoms in total. The summed E-state index contributed by atoms with van der Waals surface area (Å²) in [6.45, 7) is 9.20. The highest BCUT2D eigenvalue weighted by atomic mass is 16.2. The number of piperidine rings is 1. The third kappa shape index (κ3) is 6.35. The number of allylic oxidation sites excluding steroid dienone is 1. The highest BCUT2D eigenvalue weighted by Gasteiger charge is 2.35. The van der Waals surface area contributed by atoms with Crippen molar-refractivity contribution in [3.05, 3.63) is 41.1 Å². The Morgan fingerprint density at radius 3 is 2.60 bits per heavy atom. The maximum absolute atomic E-state index is 13.2. The van der Waals surface area contributed by atoms with Gasteiger partial charge in [-0.25, -0.2) is 0 Å². The molecule has 2 aliphatic heterocycles. The lowest BCUT2D eigenvalue weighted by atomic mass is 9.97. The van der Waals surface area contributed by atoms with E-state index in [9.17, 15) is 19.2 Å². The Balaban J connectivity index is 1.69. The van der Waals surface area contributed by atoms with Gasteiger partial charge in [-0.2, -0.15) is 0 Å². The van der Waals surface area contributed by atoms with Crippen LogP contribution in [0.5, 0.6) is 0 Å². The van der Waals surface area contributed by atoms with Gasteiger partial charge < -0.3 is 15.6 Å². The van der Waals surface area contributed by atoms with E-state index in [0.717, 1.165) is 10.6 Å². The topological polar surface area (TPSA) is 123 Å². The molecule has 2 fully saturated rings. The van der Waals surface area contributed by atoms with Crippen LogP contribution >= 0.6 is 0 Å². The molecule has 35 heavy (non-hydrogen) atoms. The SMILES string of the molecule is Cc1ccc(N2CC(C#C/C(C=N)=C/NC(C)(C)C)C2)cc1C(=O)N(C=O)C1CCC(=O)NC1=O. The lowest BCUT2D eigenvalue weighted by Crippen LogP contribution is -2.54. The van der Waals surface area contributed by atoms with Gasteiger partial charge in [0, 0.05) is 48.7 Å². The van der Waals surface area contributed by atoms with Crippen LogP contribution in [0.2, 0.25) is 0 Å². The van der Waals surface area contributed by atoms with Crippen LogP contribution in [0.25, 0.3) is 0 Å². The molecule has 0 radical (unpaired) electrons. The molecule has 1 atom stereocenters. The number of imide groups is 2. The number of rotatable bonds is 6.